The van der Waals surface area contributed by atoms with Crippen LogP contribution in [0.25, 0.3) is 0 Å². The summed E-state index contributed by atoms with van der Waals surface area (Å²) in [4.78, 5) is 23.4. The molecule has 28 heavy (non-hydrogen) atoms. The third kappa shape index (κ3) is 7.11. The van der Waals surface area contributed by atoms with E-state index < -0.39 is 10.9 Å². The first-order chi connectivity index (χ1) is 13.5. The molecule has 0 aliphatic carbocycles. The van der Waals surface area contributed by atoms with Crippen LogP contribution in [0, 0.1) is 10.1 Å². The van der Waals surface area contributed by atoms with Crippen LogP contribution in [-0.2, 0) is 4.79 Å². The minimum Gasteiger partial charge on any atom is -0.491 e. The number of likely N-dealkylation sites (tertiary alicyclic amines) is 1. The lowest BCUT2D eigenvalue weighted by molar-refractivity contribution is -0.402. The Hall–Kier alpha value is -3.35. The van der Waals surface area contributed by atoms with Gasteiger partial charge in [0.05, 0.1) is 11.0 Å². The summed E-state index contributed by atoms with van der Waals surface area (Å²) in [6, 6.07) is 7.17. The molecule has 0 aromatic heterocycles. The van der Waals surface area contributed by atoms with Gasteiger partial charge in [-0.3, -0.25) is 10.1 Å². The predicted molar refractivity (Wildman–Crippen MR) is 107 cm³/mol. The van der Waals surface area contributed by atoms with Gasteiger partial charge in [-0.15, -0.1) is 0 Å². The molecule has 1 heterocycles. The van der Waals surface area contributed by atoms with Crippen molar-refractivity contribution in [3.63, 3.8) is 0 Å². The second-order valence-corrected chi connectivity index (χ2v) is 6.34. The number of allylic oxidation sites excluding steroid dienone is 4. The number of nitrogens with zero attached hydrogens (tertiary/aromatic N) is 2. The lowest BCUT2D eigenvalue weighted by Crippen LogP contribution is -2.29. The van der Waals surface area contributed by atoms with Crippen molar-refractivity contribution in [3.8, 4) is 11.5 Å². The van der Waals surface area contributed by atoms with E-state index in [0.717, 1.165) is 25.6 Å². The van der Waals surface area contributed by atoms with Gasteiger partial charge >= 0.3 is 5.97 Å². The van der Waals surface area contributed by atoms with Crippen LogP contribution in [0.15, 0.2) is 73.1 Å². The van der Waals surface area contributed by atoms with E-state index in [1.165, 1.54) is 6.08 Å². The van der Waals surface area contributed by atoms with Crippen molar-refractivity contribution in [2.45, 2.75) is 25.8 Å². The van der Waals surface area contributed by atoms with Crippen LogP contribution in [0.1, 0.15) is 19.8 Å². The van der Waals surface area contributed by atoms with Gasteiger partial charge in [-0.25, -0.2) is 4.79 Å². The number of carbonyl (C=O) groups is 1. The Morgan fingerprint density at radius 2 is 1.93 bits per heavy atom. The molecule has 1 fully saturated rings. The Kier molecular flexibility index (Phi) is 8.02. The molecule has 1 aromatic carbocycles. The standard InChI is InChI=1S/C21H24N2O5/c1-17(2)21(24)28-20-11-9-19(10-12-20)27-16-18-8-7-14-22(18)13-5-3-4-6-15-23(25)26/h3-6,9-13,15,18H,1,7-8,14,16H2,2H3/b4-3+,13-5+,15-6+. The van der Waals surface area contributed by atoms with Gasteiger partial charge in [0.15, 0.2) is 0 Å². The zero-order valence-electron chi connectivity index (χ0n) is 15.8. The van der Waals surface area contributed by atoms with Crippen LogP contribution in [0.2, 0.25) is 0 Å². The topological polar surface area (TPSA) is 81.9 Å². The third-order valence-electron chi connectivity index (χ3n) is 4.07. The highest BCUT2D eigenvalue weighted by Gasteiger charge is 2.22. The van der Waals surface area contributed by atoms with Crippen LogP contribution in [0.5, 0.6) is 11.5 Å². The highest BCUT2D eigenvalue weighted by atomic mass is 16.6. The smallest absolute Gasteiger partial charge is 0.338 e. The highest BCUT2D eigenvalue weighted by Crippen LogP contribution is 2.22. The van der Waals surface area contributed by atoms with Crippen molar-refractivity contribution in [1.82, 2.24) is 4.90 Å². The van der Waals surface area contributed by atoms with Crippen LogP contribution in [0.3, 0.4) is 0 Å². The molecule has 0 saturated carbocycles. The first-order valence-corrected chi connectivity index (χ1v) is 8.97. The summed E-state index contributed by atoms with van der Waals surface area (Å²) in [5.41, 5.74) is 0.346. The monoisotopic (exact) mass is 384 g/mol. The Bertz CT molecular complexity index is 780. The molecule has 0 bridgehead atoms. The fourth-order valence-electron chi connectivity index (χ4n) is 2.63. The van der Waals surface area contributed by atoms with E-state index in [9.17, 15) is 14.9 Å². The lowest BCUT2D eigenvalue weighted by atomic mass is 10.2. The van der Waals surface area contributed by atoms with Crippen molar-refractivity contribution in [2.24, 2.45) is 0 Å². The molecule has 0 radical (unpaired) electrons. The summed E-state index contributed by atoms with van der Waals surface area (Å²) in [7, 11) is 0. The number of nitro groups is 1. The SMILES string of the molecule is C=C(C)C(=O)Oc1ccc(OCC2CCCN2/C=C/C=C/C=C/[N+](=O)[O-])cc1. The van der Waals surface area contributed by atoms with Crippen LogP contribution < -0.4 is 9.47 Å². The third-order valence-corrected chi connectivity index (χ3v) is 4.07. The van der Waals surface area contributed by atoms with E-state index in [-0.39, 0.29) is 6.04 Å². The average Bonchev–Trinajstić information content (AvgIpc) is 3.11. The molecular weight excluding hydrogens is 360 g/mol. The number of carbonyl (C=O) groups excluding carboxylic acids is 1. The van der Waals surface area contributed by atoms with Gasteiger partial charge in [0, 0.05) is 18.2 Å². The molecule has 0 N–H and O–H groups in total. The molecule has 1 atom stereocenters. The second-order valence-electron chi connectivity index (χ2n) is 6.34. The molecule has 1 aromatic rings. The molecule has 1 aliphatic heterocycles. The van der Waals surface area contributed by atoms with Crippen LogP contribution in [0.4, 0.5) is 0 Å². The maximum absolute atomic E-state index is 11.5. The summed E-state index contributed by atoms with van der Waals surface area (Å²) >= 11 is 0. The van der Waals surface area contributed by atoms with Gasteiger partial charge in [0.2, 0.25) is 6.20 Å². The van der Waals surface area contributed by atoms with Crippen LogP contribution >= 0.6 is 0 Å². The second kappa shape index (κ2) is 10.7. The number of hydrogen-bond acceptors (Lipinski definition) is 6. The largest absolute Gasteiger partial charge is 0.491 e. The number of benzene rings is 1. The molecule has 1 unspecified atom stereocenters. The van der Waals surface area contributed by atoms with Crippen LogP contribution in [-0.4, -0.2) is 35.0 Å². The molecular formula is C21H24N2O5. The number of esters is 1. The molecule has 0 amide bonds. The zero-order valence-corrected chi connectivity index (χ0v) is 15.8. The van der Waals surface area contributed by atoms with E-state index in [4.69, 9.17) is 9.47 Å². The molecule has 148 valence electrons. The quantitative estimate of drug-likeness (QED) is 0.161. The van der Waals surface area contributed by atoms with Gasteiger partial charge < -0.3 is 14.4 Å². The summed E-state index contributed by atoms with van der Waals surface area (Å²) in [6.45, 7) is 6.63. The molecule has 7 nitrogen and oxygen atoms in total. The maximum atomic E-state index is 11.5. The minimum absolute atomic E-state index is 0.264. The molecule has 7 heteroatoms. The van der Waals surface area contributed by atoms with Crippen molar-refractivity contribution >= 4 is 5.97 Å². The van der Waals surface area contributed by atoms with E-state index in [2.05, 4.69) is 11.5 Å². The Balaban J connectivity index is 1.81. The van der Waals surface area contributed by atoms with Gasteiger partial charge in [0.1, 0.15) is 18.1 Å². The van der Waals surface area contributed by atoms with Crippen molar-refractivity contribution < 1.29 is 19.2 Å². The van der Waals surface area contributed by atoms with Crippen molar-refractivity contribution in [1.29, 1.82) is 0 Å². The summed E-state index contributed by atoms with van der Waals surface area (Å²) in [5, 5.41) is 10.2. The number of rotatable bonds is 9. The molecule has 1 saturated heterocycles. The first-order valence-electron chi connectivity index (χ1n) is 8.97. The zero-order chi connectivity index (χ0) is 20.4. The van der Waals surface area contributed by atoms with E-state index >= 15 is 0 Å². The first kappa shape index (κ1) is 21.0. The Morgan fingerprint density at radius 1 is 1.25 bits per heavy atom. The lowest BCUT2D eigenvalue weighted by Gasteiger charge is -2.22. The van der Waals surface area contributed by atoms with E-state index in [1.54, 1.807) is 43.3 Å². The Labute approximate surface area is 164 Å². The minimum atomic E-state index is -0.501. The summed E-state index contributed by atoms with van der Waals surface area (Å²) in [5.74, 6) is 0.699. The maximum Gasteiger partial charge on any atom is 0.338 e. The summed E-state index contributed by atoms with van der Waals surface area (Å²) < 4.78 is 11.0. The fraction of sp³-hybridized carbons (Fsp3) is 0.286. The fourth-order valence-corrected chi connectivity index (χ4v) is 2.63. The van der Waals surface area contributed by atoms with Gasteiger partial charge in [0.25, 0.3) is 0 Å². The Morgan fingerprint density at radius 3 is 2.61 bits per heavy atom. The average molecular weight is 384 g/mol. The molecule has 0 spiro atoms. The van der Waals surface area contributed by atoms with E-state index in [0.29, 0.717) is 23.7 Å². The van der Waals surface area contributed by atoms with Gasteiger partial charge in [-0.1, -0.05) is 18.7 Å². The van der Waals surface area contributed by atoms with Crippen molar-refractivity contribution in [3.05, 3.63) is 83.2 Å². The number of hydrogen-bond donors (Lipinski definition) is 0. The predicted octanol–water partition coefficient (Wildman–Crippen LogP) is 3.87. The highest BCUT2D eigenvalue weighted by molar-refractivity contribution is 5.88. The molecule has 2 rings (SSSR count). The normalized spacial score (nSPS) is 16.9. The van der Waals surface area contributed by atoms with Gasteiger partial charge in [-0.2, -0.15) is 0 Å². The van der Waals surface area contributed by atoms with E-state index in [1.807, 2.05) is 12.3 Å². The van der Waals surface area contributed by atoms with Gasteiger partial charge in [-0.05, 0) is 56.3 Å². The molecule has 1 aliphatic rings. The number of ether oxygens (including phenoxy) is 2. The summed E-state index contributed by atoms with van der Waals surface area (Å²) in [6.07, 6.45) is 11.6. The van der Waals surface area contributed by atoms with Crippen molar-refractivity contribution in [2.75, 3.05) is 13.2 Å².